The zero-order valence-corrected chi connectivity index (χ0v) is 7.58. The molecule has 1 saturated carbocycles. The summed E-state index contributed by atoms with van der Waals surface area (Å²) < 4.78 is 0. The predicted molar refractivity (Wildman–Crippen MR) is 44.8 cm³/mol. The van der Waals surface area contributed by atoms with Crippen molar-refractivity contribution in [2.24, 2.45) is 17.3 Å². The molecule has 2 fully saturated rings. The molecular formula is C9H15NO2. The fourth-order valence-electron chi connectivity index (χ4n) is 2.65. The van der Waals surface area contributed by atoms with Crippen molar-refractivity contribution in [1.29, 1.82) is 0 Å². The molecule has 0 aromatic carbocycles. The summed E-state index contributed by atoms with van der Waals surface area (Å²) in [5.74, 6) is -0.323. The van der Waals surface area contributed by atoms with Gasteiger partial charge in [-0.3, -0.25) is 4.79 Å². The van der Waals surface area contributed by atoms with Gasteiger partial charge in [0.15, 0.2) is 0 Å². The van der Waals surface area contributed by atoms with Crippen LogP contribution in [0, 0.1) is 17.3 Å². The maximum atomic E-state index is 10.7. The van der Waals surface area contributed by atoms with E-state index in [1.807, 2.05) is 6.92 Å². The normalized spacial score (nSPS) is 34.3. The highest BCUT2D eigenvalue weighted by atomic mass is 16.4. The first-order valence-electron chi connectivity index (χ1n) is 4.46. The monoisotopic (exact) mass is 169 g/mol. The largest absolute Gasteiger partial charge is 0.481 e. The molecule has 0 radical (unpaired) electrons. The third kappa shape index (κ3) is 0.959. The lowest BCUT2D eigenvalue weighted by Gasteiger charge is -2.38. The Hall–Kier alpha value is -0.570. The van der Waals surface area contributed by atoms with Crippen molar-refractivity contribution in [3.8, 4) is 0 Å². The smallest absolute Gasteiger partial charge is 0.306 e. The third-order valence-corrected chi connectivity index (χ3v) is 3.42. The second-order valence-corrected chi connectivity index (χ2v) is 4.47. The van der Waals surface area contributed by atoms with E-state index in [9.17, 15) is 4.79 Å². The van der Waals surface area contributed by atoms with Crippen molar-refractivity contribution in [3.05, 3.63) is 0 Å². The summed E-state index contributed by atoms with van der Waals surface area (Å²) in [6, 6.07) is 0. The van der Waals surface area contributed by atoms with Crippen LogP contribution in [0.5, 0.6) is 0 Å². The molecule has 1 aliphatic heterocycles. The Labute approximate surface area is 72.4 Å². The molecule has 2 rings (SSSR count). The lowest BCUT2D eigenvalue weighted by molar-refractivity contribution is -0.142. The third-order valence-electron chi connectivity index (χ3n) is 3.42. The van der Waals surface area contributed by atoms with Crippen LogP contribution in [-0.2, 0) is 4.79 Å². The topological polar surface area (TPSA) is 40.5 Å². The second kappa shape index (κ2) is 2.22. The Kier molecular flexibility index (Phi) is 1.49. The van der Waals surface area contributed by atoms with Crippen molar-refractivity contribution in [2.75, 3.05) is 20.1 Å². The average molecular weight is 169 g/mol. The van der Waals surface area contributed by atoms with E-state index < -0.39 is 5.97 Å². The number of carboxylic acid groups (broad SMARTS) is 1. The molecule has 0 bridgehead atoms. The summed E-state index contributed by atoms with van der Waals surface area (Å²) >= 11 is 0. The first kappa shape index (κ1) is 8.05. The first-order valence-corrected chi connectivity index (χ1v) is 4.46. The molecule has 3 nitrogen and oxygen atoms in total. The minimum absolute atomic E-state index is 0.140. The zero-order chi connectivity index (χ0) is 8.93. The van der Waals surface area contributed by atoms with Crippen LogP contribution in [0.1, 0.15) is 13.3 Å². The number of nitrogens with zero attached hydrogens (tertiary/aromatic N) is 1. The van der Waals surface area contributed by atoms with Gasteiger partial charge in [-0.15, -0.1) is 0 Å². The Morgan fingerprint density at radius 2 is 2.25 bits per heavy atom. The highest BCUT2D eigenvalue weighted by Gasteiger charge is 2.62. The molecule has 68 valence electrons. The summed E-state index contributed by atoms with van der Waals surface area (Å²) in [5, 5.41) is 8.80. The van der Waals surface area contributed by atoms with Gasteiger partial charge >= 0.3 is 5.97 Å². The fraction of sp³-hybridized carbons (Fsp3) is 0.889. The van der Waals surface area contributed by atoms with Gasteiger partial charge in [-0.2, -0.15) is 0 Å². The SMILES string of the molecule is CC(C(=O)O)C1CC12CN(C)C2. The average Bonchev–Trinajstić information content (AvgIpc) is 2.61. The Bertz CT molecular complexity index is 221. The molecule has 0 aromatic heterocycles. The summed E-state index contributed by atoms with van der Waals surface area (Å²) in [5.41, 5.74) is 0.409. The number of carboxylic acids is 1. The minimum Gasteiger partial charge on any atom is -0.481 e. The van der Waals surface area contributed by atoms with Gasteiger partial charge in [-0.05, 0) is 24.8 Å². The molecule has 2 unspecified atom stereocenters. The van der Waals surface area contributed by atoms with Crippen LogP contribution in [0.2, 0.25) is 0 Å². The van der Waals surface area contributed by atoms with E-state index >= 15 is 0 Å². The van der Waals surface area contributed by atoms with Crippen molar-refractivity contribution in [2.45, 2.75) is 13.3 Å². The molecule has 1 saturated heterocycles. The Balaban J connectivity index is 1.92. The Morgan fingerprint density at radius 3 is 2.67 bits per heavy atom. The van der Waals surface area contributed by atoms with Crippen LogP contribution >= 0.6 is 0 Å². The minimum atomic E-state index is -0.633. The molecule has 1 N–H and O–H groups in total. The maximum Gasteiger partial charge on any atom is 0.306 e. The van der Waals surface area contributed by atoms with Gasteiger partial charge in [0.1, 0.15) is 0 Å². The first-order chi connectivity index (χ1) is 5.55. The van der Waals surface area contributed by atoms with Crippen LogP contribution in [0.3, 0.4) is 0 Å². The van der Waals surface area contributed by atoms with Crippen molar-refractivity contribution in [1.82, 2.24) is 4.90 Å². The van der Waals surface area contributed by atoms with Crippen LogP contribution in [-0.4, -0.2) is 36.1 Å². The summed E-state index contributed by atoms with van der Waals surface area (Å²) in [4.78, 5) is 12.9. The lowest BCUT2D eigenvalue weighted by atomic mass is 9.89. The van der Waals surface area contributed by atoms with E-state index in [1.165, 1.54) is 0 Å². The van der Waals surface area contributed by atoms with Gasteiger partial charge in [-0.1, -0.05) is 6.92 Å². The van der Waals surface area contributed by atoms with Crippen molar-refractivity contribution < 1.29 is 9.90 Å². The van der Waals surface area contributed by atoms with Crippen molar-refractivity contribution >= 4 is 5.97 Å². The zero-order valence-electron chi connectivity index (χ0n) is 7.58. The van der Waals surface area contributed by atoms with E-state index in [4.69, 9.17) is 5.11 Å². The Morgan fingerprint density at radius 1 is 1.67 bits per heavy atom. The second-order valence-electron chi connectivity index (χ2n) is 4.47. The predicted octanol–water partition coefficient (Wildman–Crippen LogP) is 0.659. The molecule has 1 heterocycles. The quantitative estimate of drug-likeness (QED) is 0.660. The van der Waals surface area contributed by atoms with Crippen molar-refractivity contribution in [3.63, 3.8) is 0 Å². The van der Waals surface area contributed by atoms with Gasteiger partial charge in [0, 0.05) is 13.1 Å². The van der Waals surface area contributed by atoms with Gasteiger partial charge < -0.3 is 10.0 Å². The molecule has 12 heavy (non-hydrogen) atoms. The van der Waals surface area contributed by atoms with E-state index in [0.717, 1.165) is 19.5 Å². The fourth-order valence-corrected chi connectivity index (χ4v) is 2.65. The molecule has 3 heteroatoms. The molecule has 2 atom stereocenters. The maximum absolute atomic E-state index is 10.7. The molecule has 2 aliphatic rings. The number of aliphatic carboxylic acids is 1. The number of carbonyl (C=O) groups is 1. The van der Waals surface area contributed by atoms with Gasteiger partial charge in [0.25, 0.3) is 0 Å². The molecule has 1 spiro atoms. The lowest BCUT2D eigenvalue weighted by Crippen LogP contribution is -2.47. The number of rotatable bonds is 2. The highest BCUT2D eigenvalue weighted by molar-refractivity contribution is 5.70. The van der Waals surface area contributed by atoms with Crippen LogP contribution in [0.4, 0.5) is 0 Å². The summed E-state index contributed by atoms with van der Waals surface area (Å²) in [6.07, 6.45) is 1.13. The summed E-state index contributed by atoms with van der Waals surface area (Å²) in [6.45, 7) is 4.05. The van der Waals surface area contributed by atoms with Gasteiger partial charge in [-0.25, -0.2) is 0 Å². The summed E-state index contributed by atoms with van der Waals surface area (Å²) in [7, 11) is 2.09. The van der Waals surface area contributed by atoms with Crippen LogP contribution in [0.25, 0.3) is 0 Å². The van der Waals surface area contributed by atoms with E-state index in [0.29, 0.717) is 11.3 Å². The van der Waals surface area contributed by atoms with Crippen LogP contribution < -0.4 is 0 Å². The number of hydrogen-bond donors (Lipinski definition) is 1. The molecule has 0 amide bonds. The number of likely N-dealkylation sites (tertiary alicyclic amines) is 1. The number of hydrogen-bond acceptors (Lipinski definition) is 2. The van der Waals surface area contributed by atoms with E-state index in [2.05, 4.69) is 11.9 Å². The molecule has 0 aromatic rings. The van der Waals surface area contributed by atoms with Crippen LogP contribution in [0.15, 0.2) is 0 Å². The molecular weight excluding hydrogens is 154 g/mol. The van der Waals surface area contributed by atoms with Gasteiger partial charge in [0.05, 0.1) is 5.92 Å². The van der Waals surface area contributed by atoms with Gasteiger partial charge in [0.2, 0.25) is 0 Å². The van der Waals surface area contributed by atoms with E-state index in [-0.39, 0.29) is 5.92 Å². The molecule has 1 aliphatic carbocycles. The highest BCUT2D eigenvalue weighted by Crippen LogP contribution is 2.61. The van der Waals surface area contributed by atoms with E-state index in [1.54, 1.807) is 0 Å². The standard InChI is InChI=1S/C9H15NO2/c1-6(8(11)12)7-3-9(7)4-10(2)5-9/h6-7H,3-5H2,1-2H3,(H,11,12).